The van der Waals surface area contributed by atoms with E-state index in [1.807, 2.05) is 0 Å². The maximum atomic E-state index is 10.4. The molecule has 1 saturated heterocycles. The van der Waals surface area contributed by atoms with Gasteiger partial charge >= 0.3 is 0 Å². The lowest BCUT2D eigenvalue weighted by Crippen LogP contribution is -2.63. The number of nitrogens with two attached hydrogens (primary N) is 1. The van der Waals surface area contributed by atoms with Crippen LogP contribution in [0.15, 0.2) is 11.6 Å². The number of ether oxygens (including phenoxy) is 2. The van der Waals surface area contributed by atoms with Gasteiger partial charge in [-0.3, -0.25) is 0 Å². The zero-order valence-corrected chi connectivity index (χ0v) is 25.2. The molecular formula is C33H57NO5. The number of aliphatic hydroxyl groups is 3. The summed E-state index contributed by atoms with van der Waals surface area (Å²) in [5.41, 5.74) is 8.46. The molecule has 0 aromatic rings. The summed E-state index contributed by atoms with van der Waals surface area (Å²) in [4.78, 5) is 0. The highest BCUT2D eigenvalue weighted by atomic mass is 16.7. The Kier molecular flexibility index (Phi) is 8.95. The topological polar surface area (TPSA) is 105 Å². The van der Waals surface area contributed by atoms with Crippen LogP contribution in [-0.4, -0.2) is 58.7 Å². The number of fused-ring (bicyclic) bond motifs is 5. The van der Waals surface area contributed by atoms with Crippen molar-refractivity contribution in [3.05, 3.63) is 11.6 Å². The second kappa shape index (κ2) is 11.6. The van der Waals surface area contributed by atoms with Crippen LogP contribution in [0.4, 0.5) is 0 Å². The van der Waals surface area contributed by atoms with E-state index in [0.717, 1.165) is 54.8 Å². The predicted molar refractivity (Wildman–Crippen MR) is 154 cm³/mol. The van der Waals surface area contributed by atoms with Crippen molar-refractivity contribution >= 4 is 0 Å². The maximum Gasteiger partial charge on any atom is 0.176 e. The summed E-state index contributed by atoms with van der Waals surface area (Å²) in [6.45, 7) is 12.1. The largest absolute Gasteiger partial charge is 0.394 e. The molecule has 0 aromatic heterocycles. The Bertz CT molecular complexity index is 876. The van der Waals surface area contributed by atoms with Crippen LogP contribution in [0.25, 0.3) is 0 Å². The van der Waals surface area contributed by atoms with E-state index in [0.29, 0.717) is 5.41 Å². The van der Waals surface area contributed by atoms with E-state index in [1.165, 1.54) is 51.4 Å². The Morgan fingerprint density at radius 1 is 1.03 bits per heavy atom. The number of hydrogen-bond donors (Lipinski definition) is 4. The molecule has 0 amide bonds. The normalized spacial score (nSPS) is 48.7. The Morgan fingerprint density at radius 2 is 1.79 bits per heavy atom. The summed E-state index contributed by atoms with van der Waals surface area (Å²) in [7, 11) is 0. The Balaban J connectivity index is 1.24. The van der Waals surface area contributed by atoms with Crippen molar-refractivity contribution in [3.63, 3.8) is 0 Å². The van der Waals surface area contributed by atoms with Gasteiger partial charge in [0.1, 0.15) is 18.3 Å². The first-order valence-electron chi connectivity index (χ1n) is 16.2. The van der Waals surface area contributed by atoms with Crippen LogP contribution in [0.3, 0.4) is 0 Å². The molecule has 5 aliphatic rings. The molecule has 4 unspecified atom stereocenters. The van der Waals surface area contributed by atoms with Crippen LogP contribution in [0, 0.1) is 46.3 Å². The van der Waals surface area contributed by atoms with Gasteiger partial charge in [0.05, 0.1) is 18.8 Å². The quantitative estimate of drug-likeness (QED) is 0.312. The molecule has 3 saturated carbocycles. The average molecular weight is 548 g/mol. The van der Waals surface area contributed by atoms with Gasteiger partial charge in [0, 0.05) is 0 Å². The van der Waals surface area contributed by atoms with Gasteiger partial charge in [-0.25, -0.2) is 0 Å². The van der Waals surface area contributed by atoms with Gasteiger partial charge in [-0.05, 0) is 97.7 Å². The van der Waals surface area contributed by atoms with Crippen molar-refractivity contribution in [2.24, 2.45) is 52.1 Å². The summed E-state index contributed by atoms with van der Waals surface area (Å²) in [6, 6.07) is -0.833. The van der Waals surface area contributed by atoms with Gasteiger partial charge in [0.25, 0.3) is 0 Å². The van der Waals surface area contributed by atoms with Gasteiger partial charge < -0.3 is 30.5 Å². The highest BCUT2D eigenvalue weighted by Gasteiger charge is 2.59. The molecule has 224 valence electrons. The smallest absolute Gasteiger partial charge is 0.176 e. The third kappa shape index (κ3) is 5.41. The molecule has 1 aliphatic heterocycles. The van der Waals surface area contributed by atoms with E-state index in [9.17, 15) is 15.3 Å². The second-order valence-electron chi connectivity index (χ2n) is 15.1. The van der Waals surface area contributed by atoms with Crippen LogP contribution < -0.4 is 5.73 Å². The summed E-state index contributed by atoms with van der Waals surface area (Å²) in [6.07, 6.45) is 12.3. The Hall–Kier alpha value is -0.500. The molecule has 0 aromatic carbocycles. The first-order chi connectivity index (χ1) is 18.5. The number of aliphatic hydroxyl groups excluding tert-OH is 3. The predicted octanol–water partition coefficient (Wildman–Crippen LogP) is 5.18. The summed E-state index contributed by atoms with van der Waals surface area (Å²) in [5, 5.41) is 30.1. The minimum Gasteiger partial charge on any atom is -0.394 e. The van der Waals surface area contributed by atoms with Gasteiger partial charge in [0.15, 0.2) is 6.29 Å². The van der Waals surface area contributed by atoms with E-state index >= 15 is 0 Å². The molecule has 6 heteroatoms. The fourth-order valence-corrected chi connectivity index (χ4v) is 10.2. The number of rotatable bonds is 8. The van der Waals surface area contributed by atoms with E-state index in [1.54, 1.807) is 5.57 Å². The highest BCUT2D eigenvalue weighted by molar-refractivity contribution is 5.25. The third-order valence-corrected chi connectivity index (χ3v) is 12.5. The first-order valence-corrected chi connectivity index (χ1v) is 16.2. The molecule has 5 N–H and O–H groups in total. The standard InChI is InChI=1S/C33H57NO5/c1-19(2)7-6-8-20(3)24-11-12-25-23-10-9-21-17-22(13-15-32(21,4)26(23)14-16-33(24,25)5)38-31-28(34)30(37)29(36)27(18-35)39-31/h9,19-20,22-31,35-37H,6-8,10-18,34H2,1-5H3/t20-,22?,23?,24-,25?,26?,27-,28-,29-,30-,31+,32+,33-/m1/s1. The van der Waals surface area contributed by atoms with Gasteiger partial charge in [-0.15, -0.1) is 0 Å². The van der Waals surface area contributed by atoms with Crippen LogP contribution in [0.2, 0.25) is 0 Å². The van der Waals surface area contributed by atoms with Crippen molar-refractivity contribution in [3.8, 4) is 0 Å². The molecule has 4 aliphatic carbocycles. The van der Waals surface area contributed by atoms with Crippen LogP contribution in [0.1, 0.15) is 105 Å². The molecular weight excluding hydrogens is 490 g/mol. The van der Waals surface area contributed by atoms with Crippen molar-refractivity contribution in [1.82, 2.24) is 0 Å². The molecule has 0 spiro atoms. The Labute approximate surface area is 237 Å². The number of allylic oxidation sites excluding steroid dienone is 1. The lowest BCUT2D eigenvalue weighted by molar-refractivity contribution is -0.280. The molecule has 4 fully saturated rings. The minimum atomic E-state index is -1.20. The van der Waals surface area contributed by atoms with Crippen molar-refractivity contribution in [2.75, 3.05) is 6.61 Å². The monoisotopic (exact) mass is 547 g/mol. The van der Waals surface area contributed by atoms with Crippen LogP contribution in [0.5, 0.6) is 0 Å². The fraction of sp³-hybridized carbons (Fsp3) is 0.939. The van der Waals surface area contributed by atoms with E-state index in [4.69, 9.17) is 15.2 Å². The number of hydrogen-bond acceptors (Lipinski definition) is 6. The van der Waals surface area contributed by atoms with E-state index < -0.39 is 30.6 Å². The SMILES string of the molecule is CC(C)CCC[C@@H](C)[C@H]1CCC2C3CC=C4CC(O[C@H]5O[C@H](CO)[C@@H](O)[C@H](O)[C@H]5N)CC[C@]4(C)C3CC[C@@]21C. The fourth-order valence-electron chi connectivity index (χ4n) is 10.2. The lowest BCUT2D eigenvalue weighted by atomic mass is 9.47. The lowest BCUT2D eigenvalue weighted by Gasteiger charge is -2.58. The van der Waals surface area contributed by atoms with Crippen molar-refractivity contribution < 1.29 is 24.8 Å². The molecule has 5 rings (SSSR count). The Morgan fingerprint density at radius 3 is 2.51 bits per heavy atom. The van der Waals surface area contributed by atoms with Crippen LogP contribution >= 0.6 is 0 Å². The molecule has 13 atom stereocenters. The summed E-state index contributed by atoms with van der Waals surface area (Å²) in [5.74, 6) is 4.96. The highest BCUT2D eigenvalue weighted by Crippen LogP contribution is 2.67. The van der Waals surface area contributed by atoms with Crippen molar-refractivity contribution in [2.45, 2.75) is 142 Å². The van der Waals surface area contributed by atoms with Gasteiger partial charge in [-0.1, -0.05) is 65.5 Å². The summed E-state index contributed by atoms with van der Waals surface area (Å²) < 4.78 is 12.1. The maximum absolute atomic E-state index is 10.4. The second-order valence-corrected chi connectivity index (χ2v) is 15.1. The zero-order valence-electron chi connectivity index (χ0n) is 25.2. The summed E-state index contributed by atoms with van der Waals surface area (Å²) >= 11 is 0. The molecule has 1 heterocycles. The van der Waals surface area contributed by atoms with Gasteiger partial charge in [-0.2, -0.15) is 0 Å². The van der Waals surface area contributed by atoms with E-state index in [2.05, 4.69) is 40.7 Å². The van der Waals surface area contributed by atoms with Crippen molar-refractivity contribution in [1.29, 1.82) is 0 Å². The third-order valence-electron chi connectivity index (χ3n) is 12.5. The van der Waals surface area contributed by atoms with Crippen LogP contribution in [-0.2, 0) is 9.47 Å². The minimum absolute atomic E-state index is 0.0184. The van der Waals surface area contributed by atoms with Gasteiger partial charge in [0.2, 0.25) is 0 Å². The van der Waals surface area contributed by atoms with E-state index in [-0.39, 0.29) is 18.1 Å². The average Bonchev–Trinajstić information content (AvgIpc) is 3.26. The molecule has 39 heavy (non-hydrogen) atoms. The zero-order chi connectivity index (χ0) is 28.1. The molecule has 0 bridgehead atoms. The molecule has 6 nitrogen and oxygen atoms in total. The molecule has 0 radical (unpaired) electrons. The first kappa shape index (κ1) is 30.0.